The van der Waals surface area contributed by atoms with E-state index in [-0.39, 0.29) is 6.09 Å². The maximum atomic E-state index is 12.0. The summed E-state index contributed by atoms with van der Waals surface area (Å²) in [6.07, 6.45) is 3.78. The van der Waals surface area contributed by atoms with Crippen LogP contribution in [0.3, 0.4) is 0 Å². The second kappa shape index (κ2) is 10.2. The van der Waals surface area contributed by atoms with E-state index in [1.807, 2.05) is 32.9 Å². The molecule has 1 aliphatic heterocycles. The van der Waals surface area contributed by atoms with Crippen LogP contribution in [0.2, 0.25) is 23.7 Å². The van der Waals surface area contributed by atoms with Crippen molar-refractivity contribution in [3.05, 3.63) is 35.6 Å². The standard InChI is InChI=1S/C23H30ClN7O2SSi/c1-23(2,3)33-22(32)28-14-35(4)11-9-31(10-12-35)17-13-27-21-15(29-17)5-6-18(30-21)34-16-7-8-26-20(25)19(16)24/h5-8,13H,9-12,14H2,1-4H3,(H2,25,26)(H,28,32). The highest BCUT2D eigenvalue weighted by Gasteiger charge is 2.33. The Morgan fingerprint density at radius 3 is 2.69 bits per heavy atom. The zero-order valence-electron chi connectivity index (χ0n) is 20.3. The predicted octanol–water partition coefficient (Wildman–Crippen LogP) is 4.77. The largest absolute Gasteiger partial charge is 0.444 e. The van der Waals surface area contributed by atoms with E-state index in [1.54, 1.807) is 18.5 Å². The number of nitrogens with two attached hydrogens (primary N) is 1. The molecule has 4 rings (SSSR count). The number of nitrogens with one attached hydrogen (secondary N) is 1. The Labute approximate surface area is 215 Å². The quantitative estimate of drug-likeness (QED) is 0.448. The SMILES string of the molecule is CC(C)(C)OC(=O)NC[Si]1(C)CCN(c2cnc3nc(Sc4ccnc(N)c4Cl)ccc3n2)CC1. The Kier molecular flexibility index (Phi) is 7.39. The van der Waals surface area contributed by atoms with Crippen molar-refractivity contribution in [2.75, 3.05) is 29.9 Å². The summed E-state index contributed by atoms with van der Waals surface area (Å²) in [4.78, 5) is 33.1. The van der Waals surface area contributed by atoms with Gasteiger partial charge in [0.1, 0.15) is 27.8 Å². The van der Waals surface area contributed by atoms with Crippen LogP contribution in [0.4, 0.5) is 16.4 Å². The van der Waals surface area contributed by atoms with Gasteiger partial charge in [0, 0.05) is 30.3 Å². The summed E-state index contributed by atoms with van der Waals surface area (Å²) in [5.41, 5.74) is 6.63. The highest BCUT2D eigenvalue weighted by atomic mass is 35.5. The molecule has 1 saturated heterocycles. The Morgan fingerprint density at radius 1 is 1.23 bits per heavy atom. The summed E-state index contributed by atoms with van der Waals surface area (Å²) in [6, 6.07) is 7.76. The Morgan fingerprint density at radius 2 is 1.97 bits per heavy atom. The minimum Gasteiger partial charge on any atom is -0.444 e. The first kappa shape index (κ1) is 25.5. The Balaban J connectivity index is 1.38. The van der Waals surface area contributed by atoms with Gasteiger partial charge in [0.2, 0.25) is 0 Å². The molecule has 1 amide bonds. The number of pyridine rings is 2. The van der Waals surface area contributed by atoms with E-state index in [1.165, 1.54) is 11.8 Å². The number of alkyl carbamates (subject to hydrolysis) is 1. The highest BCUT2D eigenvalue weighted by molar-refractivity contribution is 7.99. The molecule has 0 saturated carbocycles. The van der Waals surface area contributed by atoms with Crippen molar-refractivity contribution in [2.45, 2.75) is 54.9 Å². The fourth-order valence-corrected chi connectivity index (χ4v) is 7.61. The first-order chi connectivity index (χ1) is 16.5. The number of halogens is 1. The molecule has 9 nitrogen and oxygen atoms in total. The zero-order chi connectivity index (χ0) is 25.2. The summed E-state index contributed by atoms with van der Waals surface area (Å²) >= 11 is 7.66. The minimum atomic E-state index is -1.60. The molecule has 0 unspecified atom stereocenters. The van der Waals surface area contributed by atoms with Gasteiger partial charge in [0.25, 0.3) is 0 Å². The lowest BCUT2D eigenvalue weighted by atomic mass is 10.2. The van der Waals surface area contributed by atoms with Gasteiger partial charge in [-0.3, -0.25) is 0 Å². The second-order valence-corrected chi connectivity index (χ2v) is 16.4. The van der Waals surface area contributed by atoms with Crippen molar-refractivity contribution in [1.82, 2.24) is 25.3 Å². The number of hydrogen-bond donors (Lipinski definition) is 2. The number of fused-ring (bicyclic) bond motifs is 1. The molecule has 0 bridgehead atoms. The van der Waals surface area contributed by atoms with Crippen molar-refractivity contribution in [1.29, 1.82) is 0 Å². The van der Waals surface area contributed by atoms with E-state index in [0.717, 1.165) is 52.6 Å². The van der Waals surface area contributed by atoms with Crippen molar-refractivity contribution in [3.63, 3.8) is 0 Å². The number of hydrogen-bond acceptors (Lipinski definition) is 9. The molecule has 3 aromatic rings. The summed E-state index contributed by atoms with van der Waals surface area (Å²) < 4.78 is 5.38. The van der Waals surface area contributed by atoms with Crippen LogP contribution in [0.15, 0.2) is 40.5 Å². The van der Waals surface area contributed by atoms with E-state index in [9.17, 15) is 4.79 Å². The lowest BCUT2D eigenvalue weighted by molar-refractivity contribution is 0.0536. The van der Waals surface area contributed by atoms with Gasteiger partial charge in [-0.2, -0.15) is 0 Å². The highest BCUT2D eigenvalue weighted by Crippen LogP contribution is 2.35. The topological polar surface area (TPSA) is 119 Å². The van der Waals surface area contributed by atoms with E-state index in [4.69, 9.17) is 27.1 Å². The molecule has 186 valence electrons. The Bertz CT molecular complexity index is 1230. The average Bonchev–Trinajstić information content (AvgIpc) is 2.80. The summed E-state index contributed by atoms with van der Waals surface area (Å²) in [5, 5.41) is 4.16. The van der Waals surface area contributed by atoms with Crippen LogP contribution >= 0.6 is 23.4 Å². The molecule has 1 aliphatic rings. The molecule has 1 fully saturated rings. The van der Waals surface area contributed by atoms with Crippen molar-refractivity contribution in [2.24, 2.45) is 0 Å². The molecule has 0 aliphatic carbocycles. The molecule has 0 aromatic carbocycles. The first-order valence-electron chi connectivity index (χ1n) is 11.4. The summed E-state index contributed by atoms with van der Waals surface area (Å²) in [5.74, 6) is 1.14. The number of carbonyl (C=O) groups is 1. The van der Waals surface area contributed by atoms with Gasteiger partial charge >= 0.3 is 6.09 Å². The van der Waals surface area contributed by atoms with Gasteiger partial charge < -0.3 is 20.7 Å². The molecule has 0 radical (unpaired) electrons. The average molecular weight is 532 g/mol. The molecular formula is C23H30ClN7O2SSi. The maximum Gasteiger partial charge on any atom is 0.407 e. The van der Waals surface area contributed by atoms with Gasteiger partial charge in [-0.15, -0.1) is 0 Å². The number of carbonyl (C=O) groups excluding carboxylic acids is 1. The molecule has 0 spiro atoms. The predicted molar refractivity (Wildman–Crippen MR) is 143 cm³/mol. The third-order valence-corrected chi connectivity index (χ3v) is 11.2. The third kappa shape index (κ3) is 6.53. The van der Waals surface area contributed by atoms with Gasteiger partial charge in [0.05, 0.1) is 19.3 Å². The normalized spacial score (nSPS) is 15.7. The maximum absolute atomic E-state index is 12.0. The Hall–Kier alpha value is -2.63. The smallest absolute Gasteiger partial charge is 0.407 e. The van der Waals surface area contributed by atoms with Crippen LogP contribution < -0.4 is 16.0 Å². The fourth-order valence-electron chi connectivity index (χ4n) is 3.77. The number of amides is 1. The first-order valence-corrected chi connectivity index (χ1v) is 15.8. The monoisotopic (exact) mass is 531 g/mol. The van der Waals surface area contributed by atoms with Gasteiger partial charge in [0.15, 0.2) is 5.65 Å². The molecular weight excluding hydrogens is 502 g/mol. The van der Waals surface area contributed by atoms with E-state index in [0.29, 0.717) is 16.5 Å². The number of rotatable bonds is 5. The van der Waals surface area contributed by atoms with Crippen LogP contribution in [0, 0.1) is 0 Å². The summed E-state index contributed by atoms with van der Waals surface area (Å²) in [7, 11) is -1.60. The molecule has 3 aromatic heterocycles. The second-order valence-electron chi connectivity index (χ2n) is 9.98. The number of aromatic nitrogens is 4. The molecule has 0 atom stereocenters. The fraction of sp³-hybridized carbons (Fsp3) is 0.435. The zero-order valence-corrected chi connectivity index (χ0v) is 22.9. The van der Waals surface area contributed by atoms with Crippen molar-refractivity contribution in [3.8, 4) is 0 Å². The lowest BCUT2D eigenvalue weighted by Gasteiger charge is -2.38. The van der Waals surface area contributed by atoms with Crippen molar-refractivity contribution < 1.29 is 9.53 Å². The van der Waals surface area contributed by atoms with E-state index in [2.05, 4.69) is 31.7 Å². The number of anilines is 2. The van der Waals surface area contributed by atoms with Crippen molar-refractivity contribution >= 4 is 60.3 Å². The van der Waals surface area contributed by atoms with E-state index < -0.39 is 13.7 Å². The number of ether oxygens (including phenoxy) is 1. The van der Waals surface area contributed by atoms with E-state index >= 15 is 0 Å². The molecule has 3 N–H and O–H groups in total. The third-order valence-electron chi connectivity index (χ3n) is 5.81. The molecule has 35 heavy (non-hydrogen) atoms. The van der Waals surface area contributed by atoms with Crippen LogP contribution in [-0.2, 0) is 4.74 Å². The summed E-state index contributed by atoms with van der Waals surface area (Å²) in [6.45, 7) is 9.73. The van der Waals surface area contributed by atoms with Crippen LogP contribution in [0.1, 0.15) is 20.8 Å². The van der Waals surface area contributed by atoms with Crippen LogP contribution in [-0.4, -0.2) is 59.0 Å². The lowest BCUT2D eigenvalue weighted by Crippen LogP contribution is -2.52. The molecule has 12 heteroatoms. The number of nitrogen functional groups attached to an aromatic ring is 1. The van der Waals surface area contributed by atoms with Gasteiger partial charge in [-0.25, -0.2) is 24.7 Å². The molecule has 4 heterocycles. The number of nitrogens with zero attached hydrogens (tertiary/aromatic N) is 5. The van der Waals surface area contributed by atoms with Gasteiger partial charge in [-0.1, -0.05) is 29.9 Å². The van der Waals surface area contributed by atoms with Crippen LogP contribution in [0.25, 0.3) is 11.2 Å². The van der Waals surface area contributed by atoms with Crippen LogP contribution in [0.5, 0.6) is 0 Å². The van der Waals surface area contributed by atoms with Gasteiger partial charge in [-0.05, 0) is 51.1 Å². The minimum absolute atomic E-state index is 0.295.